The minimum Gasteiger partial charge on any atom is -0.296 e. The fourth-order valence-corrected chi connectivity index (χ4v) is 2.82. The number of thioether (sulfide) groups is 1. The van der Waals surface area contributed by atoms with Crippen molar-refractivity contribution in [2.45, 2.75) is 0 Å². The highest BCUT2D eigenvalue weighted by atomic mass is 35.5. The van der Waals surface area contributed by atoms with E-state index in [0.29, 0.717) is 14.8 Å². The Balaban J connectivity index is 2.39. The molecule has 0 spiro atoms. The first kappa shape index (κ1) is 14.0. The van der Waals surface area contributed by atoms with Gasteiger partial charge in [0.2, 0.25) is 0 Å². The lowest BCUT2D eigenvalue weighted by Crippen LogP contribution is -2.22. The van der Waals surface area contributed by atoms with E-state index < -0.39 is 4.92 Å². The van der Waals surface area contributed by atoms with Crippen LogP contribution in [0.4, 0.5) is 5.69 Å². The van der Waals surface area contributed by atoms with E-state index in [1.54, 1.807) is 19.2 Å². The molecule has 1 aliphatic rings. The van der Waals surface area contributed by atoms with Crippen LogP contribution in [0.25, 0.3) is 6.08 Å². The Morgan fingerprint density at radius 3 is 2.74 bits per heavy atom. The van der Waals surface area contributed by atoms with E-state index in [9.17, 15) is 14.9 Å². The second-order valence-corrected chi connectivity index (χ2v) is 5.79. The molecule has 0 unspecified atom stereocenters. The highest BCUT2D eigenvalue weighted by Crippen LogP contribution is 2.33. The summed E-state index contributed by atoms with van der Waals surface area (Å²) in [5, 5.41) is 10.8. The molecular weight excluding hydrogens is 308 g/mol. The number of hydrogen-bond acceptors (Lipinski definition) is 5. The van der Waals surface area contributed by atoms with Gasteiger partial charge in [0.25, 0.3) is 11.6 Å². The predicted octanol–water partition coefficient (Wildman–Crippen LogP) is 3.08. The third-order valence-corrected chi connectivity index (χ3v) is 4.26. The first-order valence-corrected chi connectivity index (χ1v) is 6.66. The van der Waals surface area contributed by atoms with Gasteiger partial charge in [0, 0.05) is 13.1 Å². The summed E-state index contributed by atoms with van der Waals surface area (Å²) < 4.78 is 0.458. The third-order valence-electron chi connectivity index (χ3n) is 2.45. The van der Waals surface area contributed by atoms with Crippen LogP contribution < -0.4 is 0 Å². The number of carbonyl (C=O) groups excluding carboxylic acids is 1. The van der Waals surface area contributed by atoms with Crippen LogP contribution in [0, 0.1) is 10.1 Å². The molecule has 0 radical (unpaired) electrons. The van der Waals surface area contributed by atoms with Gasteiger partial charge in [-0.1, -0.05) is 41.6 Å². The van der Waals surface area contributed by atoms with E-state index in [2.05, 4.69) is 0 Å². The monoisotopic (exact) mass is 314 g/mol. The average Bonchev–Trinajstić information content (AvgIpc) is 2.59. The smallest absolute Gasteiger partial charge is 0.288 e. The maximum atomic E-state index is 11.8. The van der Waals surface area contributed by atoms with Crippen molar-refractivity contribution >= 4 is 57.6 Å². The molecule has 0 aliphatic carbocycles. The first-order valence-electron chi connectivity index (χ1n) is 5.05. The number of nitro groups is 1. The molecule has 19 heavy (non-hydrogen) atoms. The Hall–Kier alpha value is -1.44. The largest absolute Gasteiger partial charge is 0.296 e. The molecule has 0 bridgehead atoms. The van der Waals surface area contributed by atoms with Crippen LogP contribution in [-0.2, 0) is 4.79 Å². The SMILES string of the molecule is CN1C(=O)C(=Cc2ccc(Cl)c([N+](=O)[O-])c2)SC1=S. The third kappa shape index (κ3) is 2.78. The zero-order chi connectivity index (χ0) is 14.2. The molecule has 5 nitrogen and oxygen atoms in total. The highest BCUT2D eigenvalue weighted by molar-refractivity contribution is 8.26. The number of rotatable bonds is 2. The highest BCUT2D eigenvalue weighted by Gasteiger charge is 2.28. The number of nitrogens with zero attached hydrogens (tertiary/aromatic N) is 2. The van der Waals surface area contributed by atoms with E-state index in [1.165, 1.54) is 17.0 Å². The van der Waals surface area contributed by atoms with Gasteiger partial charge in [-0.2, -0.15) is 0 Å². The van der Waals surface area contributed by atoms with Crippen LogP contribution in [0.15, 0.2) is 23.1 Å². The van der Waals surface area contributed by atoms with Crippen molar-refractivity contribution in [3.63, 3.8) is 0 Å². The number of hydrogen-bond donors (Lipinski definition) is 0. The van der Waals surface area contributed by atoms with E-state index in [4.69, 9.17) is 23.8 Å². The quantitative estimate of drug-likeness (QED) is 0.363. The number of benzene rings is 1. The molecule has 0 atom stereocenters. The van der Waals surface area contributed by atoms with Crippen molar-refractivity contribution in [1.29, 1.82) is 0 Å². The maximum absolute atomic E-state index is 11.8. The molecule has 0 N–H and O–H groups in total. The standard InChI is InChI=1S/C11H7ClN2O3S2/c1-13-10(15)9(19-11(13)18)5-6-2-3-7(12)8(4-6)14(16)17/h2-5H,1H3. The fourth-order valence-electron chi connectivity index (χ4n) is 1.46. The summed E-state index contributed by atoms with van der Waals surface area (Å²) in [7, 11) is 1.59. The van der Waals surface area contributed by atoms with Gasteiger partial charge in [-0.15, -0.1) is 0 Å². The van der Waals surface area contributed by atoms with Crippen LogP contribution in [0.5, 0.6) is 0 Å². The van der Waals surface area contributed by atoms with Crippen LogP contribution >= 0.6 is 35.6 Å². The van der Waals surface area contributed by atoms with Crippen molar-refractivity contribution in [2.75, 3.05) is 7.05 Å². The summed E-state index contributed by atoms with van der Waals surface area (Å²) in [6.07, 6.45) is 1.56. The van der Waals surface area contributed by atoms with Gasteiger partial charge >= 0.3 is 0 Å². The van der Waals surface area contributed by atoms with Crippen molar-refractivity contribution in [2.24, 2.45) is 0 Å². The molecule has 1 aliphatic heterocycles. The fraction of sp³-hybridized carbons (Fsp3) is 0.0909. The van der Waals surface area contributed by atoms with Crippen LogP contribution in [-0.4, -0.2) is 27.1 Å². The maximum Gasteiger partial charge on any atom is 0.288 e. The summed E-state index contributed by atoms with van der Waals surface area (Å²) in [5.74, 6) is -0.215. The topological polar surface area (TPSA) is 63.5 Å². The molecule has 1 aromatic rings. The number of halogens is 1. The number of amides is 1. The first-order chi connectivity index (χ1) is 8.90. The summed E-state index contributed by atoms with van der Waals surface area (Å²) in [4.78, 5) is 23.8. The molecule has 1 fully saturated rings. The molecule has 98 valence electrons. The lowest BCUT2D eigenvalue weighted by atomic mass is 10.2. The zero-order valence-electron chi connectivity index (χ0n) is 9.62. The van der Waals surface area contributed by atoms with E-state index >= 15 is 0 Å². The number of carbonyl (C=O) groups is 1. The molecule has 1 amide bonds. The van der Waals surface area contributed by atoms with Crippen molar-refractivity contribution in [3.05, 3.63) is 43.8 Å². The molecule has 1 aromatic carbocycles. The van der Waals surface area contributed by atoms with Crippen molar-refractivity contribution in [1.82, 2.24) is 4.90 Å². The van der Waals surface area contributed by atoms with Gasteiger partial charge in [-0.3, -0.25) is 19.8 Å². The minimum absolute atomic E-state index is 0.0604. The second kappa shape index (κ2) is 5.28. The summed E-state index contributed by atoms with van der Waals surface area (Å²) in [5.41, 5.74) is 0.340. The van der Waals surface area contributed by atoms with Crippen molar-refractivity contribution < 1.29 is 9.72 Å². The zero-order valence-corrected chi connectivity index (χ0v) is 12.0. The van der Waals surface area contributed by atoms with Crippen LogP contribution in [0.3, 0.4) is 0 Å². The normalized spacial score (nSPS) is 17.4. The molecule has 8 heteroatoms. The average molecular weight is 315 g/mol. The Morgan fingerprint density at radius 2 is 2.21 bits per heavy atom. The number of nitro benzene ring substituents is 1. The van der Waals surface area contributed by atoms with Gasteiger partial charge < -0.3 is 0 Å². The number of likely N-dealkylation sites (N-methyl/N-ethyl adjacent to an activating group) is 1. The number of thiocarbonyl (C=S) groups is 1. The van der Waals surface area contributed by atoms with E-state index in [-0.39, 0.29) is 16.6 Å². The molecule has 1 heterocycles. The Morgan fingerprint density at radius 1 is 1.53 bits per heavy atom. The van der Waals surface area contributed by atoms with E-state index in [0.717, 1.165) is 11.8 Å². The van der Waals surface area contributed by atoms with Gasteiger partial charge in [-0.05, 0) is 17.7 Å². The second-order valence-electron chi connectivity index (χ2n) is 3.71. The molecular formula is C11H7ClN2O3S2. The Bertz CT molecular complexity index is 630. The van der Waals surface area contributed by atoms with Gasteiger partial charge in [0.15, 0.2) is 0 Å². The minimum atomic E-state index is -0.565. The molecule has 0 aromatic heterocycles. The lowest BCUT2D eigenvalue weighted by Gasteiger charge is -2.03. The predicted molar refractivity (Wildman–Crippen MR) is 79.0 cm³/mol. The van der Waals surface area contributed by atoms with Crippen LogP contribution in [0.1, 0.15) is 5.56 Å². The van der Waals surface area contributed by atoms with Crippen molar-refractivity contribution in [3.8, 4) is 0 Å². The lowest BCUT2D eigenvalue weighted by molar-refractivity contribution is -0.384. The summed E-state index contributed by atoms with van der Waals surface area (Å²) >= 11 is 11.9. The molecule has 2 rings (SSSR count). The van der Waals surface area contributed by atoms with Crippen LogP contribution in [0.2, 0.25) is 5.02 Å². The molecule has 1 saturated heterocycles. The summed E-state index contributed by atoms with van der Waals surface area (Å²) in [6, 6.07) is 4.36. The Labute approximate surface area is 123 Å². The van der Waals surface area contributed by atoms with E-state index in [1.807, 2.05) is 0 Å². The van der Waals surface area contributed by atoms with Gasteiger partial charge in [-0.25, -0.2) is 0 Å². The van der Waals surface area contributed by atoms with Gasteiger partial charge in [0.05, 0.1) is 9.83 Å². The van der Waals surface area contributed by atoms with Gasteiger partial charge in [0.1, 0.15) is 9.34 Å². The molecule has 0 saturated carbocycles. The Kier molecular flexibility index (Phi) is 3.88. The summed E-state index contributed by atoms with van der Waals surface area (Å²) in [6.45, 7) is 0.